The van der Waals surface area contributed by atoms with Crippen LogP contribution in [0.1, 0.15) is 26.3 Å². The van der Waals surface area contributed by atoms with Crippen molar-refractivity contribution in [3.05, 3.63) is 96.3 Å². The summed E-state index contributed by atoms with van der Waals surface area (Å²) in [7, 11) is 1.68. The third kappa shape index (κ3) is 6.30. The van der Waals surface area contributed by atoms with Crippen molar-refractivity contribution in [1.82, 2.24) is 0 Å². The van der Waals surface area contributed by atoms with Gasteiger partial charge < -0.3 is 14.4 Å². The predicted octanol–water partition coefficient (Wildman–Crippen LogP) is 6.41. The minimum absolute atomic E-state index is 0.216. The molecule has 0 aromatic heterocycles. The summed E-state index contributed by atoms with van der Waals surface area (Å²) in [6.07, 6.45) is 0. The topological polar surface area (TPSA) is 38.8 Å². The molecule has 0 bridgehead atoms. The molecule has 3 rings (SSSR count). The van der Waals surface area contributed by atoms with E-state index in [9.17, 15) is 9.18 Å². The minimum atomic E-state index is -1.16. The van der Waals surface area contributed by atoms with Crippen LogP contribution in [-0.4, -0.2) is 25.2 Å². The van der Waals surface area contributed by atoms with E-state index >= 15 is 0 Å². The van der Waals surface area contributed by atoms with Gasteiger partial charge in [0.15, 0.2) is 5.60 Å². The van der Waals surface area contributed by atoms with E-state index < -0.39 is 5.60 Å². The van der Waals surface area contributed by atoms with Crippen LogP contribution in [0.4, 0.5) is 10.1 Å². The van der Waals surface area contributed by atoms with E-state index in [0.717, 1.165) is 28.0 Å². The molecular weight excluding hydrogens is 417 g/mol. The lowest BCUT2D eigenvalue weighted by molar-refractivity contribution is -0.131. The molecule has 0 heterocycles. The Hall–Kier alpha value is -3.44. The molecule has 0 spiro atoms. The van der Waals surface area contributed by atoms with Crippen LogP contribution in [0.15, 0.2) is 84.9 Å². The van der Waals surface area contributed by atoms with Gasteiger partial charge in [0, 0.05) is 19.3 Å². The number of halogens is 1. The number of benzene rings is 3. The molecule has 4 nitrogen and oxygen atoms in total. The molecule has 172 valence electrons. The van der Waals surface area contributed by atoms with Gasteiger partial charge >= 0.3 is 0 Å². The van der Waals surface area contributed by atoms with Crippen molar-refractivity contribution in [2.45, 2.75) is 33.0 Å². The third-order valence-corrected chi connectivity index (χ3v) is 5.15. The zero-order chi connectivity index (χ0) is 24.0. The van der Waals surface area contributed by atoms with Gasteiger partial charge in [0.2, 0.25) is 0 Å². The van der Waals surface area contributed by atoms with Crippen LogP contribution in [-0.2, 0) is 16.1 Å². The number of amides is 1. The molecule has 0 fully saturated rings. The van der Waals surface area contributed by atoms with Crippen molar-refractivity contribution in [2.75, 3.05) is 18.6 Å². The Kier molecular flexibility index (Phi) is 7.67. The van der Waals surface area contributed by atoms with Crippen LogP contribution in [0.5, 0.6) is 5.75 Å². The molecule has 0 radical (unpaired) electrons. The van der Waals surface area contributed by atoms with Gasteiger partial charge in [-0.05, 0) is 73.9 Å². The zero-order valence-corrected chi connectivity index (χ0v) is 19.6. The van der Waals surface area contributed by atoms with Gasteiger partial charge in [0.25, 0.3) is 5.91 Å². The lowest BCUT2D eigenvalue weighted by atomic mass is 10.0. The summed E-state index contributed by atoms with van der Waals surface area (Å²) in [6, 6.07) is 21.7. The number of methoxy groups -OCH3 is 1. The summed E-state index contributed by atoms with van der Waals surface area (Å²) in [4.78, 5) is 15.2. The Labute approximate surface area is 195 Å². The Morgan fingerprint density at radius 2 is 1.48 bits per heavy atom. The summed E-state index contributed by atoms with van der Waals surface area (Å²) >= 11 is 0. The van der Waals surface area contributed by atoms with Gasteiger partial charge in [-0.1, -0.05) is 48.6 Å². The fraction of sp³-hybridized carbons (Fsp3) is 0.250. The average Bonchev–Trinajstić information content (AvgIpc) is 2.79. The first kappa shape index (κ1) is 24.2. The number of hydrogen-bond donors (Lipinski definition) is 0. The number of hydrogen-bond acceptors (Lipinski definition) is 3. The van der Waals surface area contributed by atoms with E-state index in [-0.39, 0.29) is 11.7 Å². The second kappa shape index (κ2) is 10.5. The highest BCUT2D eigenvalue weighted by Gasteiger charge is 2.35. The third-order valence-electron chi connectivity index (χ3n) is 5.15. The molecular formula is C28H30FNO3. The molecule has 0 aliphatic heterocycles. The Balaban J connectivity index is 1.83. The van der Waals surface area contributed by atoms with Crippen LogP contribution in [0.2, 0.25) is 0 Å². The Morgan fingerprint density at radius 3 is 2.00 bits per heavy atom. The van der Waals surface area contributed by atoms with Crippen LogP contribution in [0.25, 0.3) is 11.1 Å². The molecule has 0 N–H and O–H groups in total. The smallest absolute Gasteiger partial charge is 0.270 e. The maximum atomic E-state index is 13.5. The molecule has 5 heteroatoms. The lowest BCUT2D eigenvalue weighted by Crippen LogP contribution is -2.49. The summed E-state index contributed by atoms with van der Waals surface area (Å²) in [6.45, 7) is 10.2. The molecule has 0 aliphatic carbocycles. The van der Waals surface area contributed by atoms with Crippen LogP contribution in [0, 0.1) is 5.82 Å². The van der Waals surface area contributed by atoms with Crippen molar-refractivity contribution in [2.24, 2.45) is 0 Å². The first-order valence-corrected chi connectivity index (χ1v) is 10.8. The van der Waals surface area contributed by atoms with Gasteiger partial charge in [-0.3, -0.25) is 4.79 Å². The molecule has 1 amide bonds. The molecule has 0 saturated heterocycles. The fourth-order valence-corrected chi connectivity index (χ4v) is 3.51. The molecule has 0 aliphatic rings. The molecule has 3 aromatic carbocycles. The molecule has 3 aromatic rings. The predicted molar refractivity (Wildman–Crippen MR) is 131 cm³/mol. The quantitative estimate of drug-likeness (QED) is 0.356. The second-order valence-corrected chi connectivity index (χ2v) is 8.59. The average molecular weight is 448 g/mol. The Morgan fingerprint density at radius 1 is 0.939 bits per heavy atom. The maximum Gasteiger partial charge on any atom is 0.270 e. The first-order valence-electron chi connectivity index (χ1n) is 10.8. The van der Waals surface area contributed by atoms with E-state index in [2.05, 4.69) is 18.7 Å². The standard InChI is InChI=1S/C28H30FNO3/c1-20(2)18-30(27(31)28(3,4)33-26-16-12-24(29)13-17-26)25-14-10-23(11-15-25)22-8-6-21(7-9-22)19-32-5/h6-17H,1,18-19H2,2-5H3. The normalized spacial score (nSPS) is 11.2. The monoisotopic (exact) mass is 447 g/mol. The number of nitrogens with zero attached hydrogens (tertiary/aromatic N) is 1. The summed E-state index contributed by atoms with van der Waals surface area (Å²) < 4.78 is 24.3. The van der Waals surface area contributed by atoms with Crippen molar-refractivity contribution < 1.29 is 18.7 Å². The van der Waals surface area contributed by atoms with E-state index in [1.807, 2.05) is 43.3 Å². The molecule has 0 saturated carbocycles. The minimum Gasteiger partial charge on any atom is -0.478 e. The van der Waals surface area contributed by atoms with E-state index in [1.165, 1.54) is 24.3 Å². The van der Waals surface area contributed by atoms with Gasteiger partial charge in [0.1, 0.15) is 11.6 Å². The SMILES string of the molecule is C=C(C)CN(C(=O)C(C)(C)Oc1ccc(F)cc1)c1ccc(-c2ccc(COC)cc2)cc1. The molecule has 0 unspecified atom stereocenters. The van der Waals surface area contributed by atoms with Crippen molar-refractivity contribution >= 4 is 11.6 Å². The van der Waals surface area contributed by atoms with Crippen molar-refractivity contribution in [3.8, 4) is 16.9 Å². The number of carbonyl (C=O) groups excluding carboxylic acids is 1. The largest absolute Gasteiger partial charge is 0.478 e. The summed E-state index contributed by atoms with van der Waals surface area (Å²) in [5.74, 6) is -0.146. The van der Waals surface area contributed by atoms with Gasteiger partial charge in [-0.2, -0.15) is 0 Å². The number of carbonyl (C=O) groups is 1. The van der Waals surface area contributed by atoms with E-state index in [4.69, 9.17) is 9.47 Å². The lowest BCUT2D eigenvalue weighted by Gasteiger charge is -2.32. The number of anilines is 1. The van der Waals surface area contributed by atoms with Gasteiger partial charge in [0.05, 0.1) is 6.61 Å². The van der Waals surface area contributed by atoms with Crippen LogP contribution < -0.4 is 9.64 Å². The van der Waals surface area contributed by atoms with E-state index in [0.29, 0.717) is 18.9 Å². The first-order chi connectivity index (χ1) is 15.7. The second-order valence-electron chi connectivity index (χ2n) is 8.59. The summed E-state index contributed by atoms with van der Waals surface area (Å²) in [5.41, 5.74) is 3.67. The van der Waals surface area contributed by atoms with Crippen LogP contribution in [0.3, 0.4) is 0 Å². The molecule has 33 heavy (non-hydrogen) atoms. The van der Waals surface area contributed by atoms with Gasteiger partial charge in [-0.15, -0.1) is 0 Å². The highest BCUT2D eigenvalue weighted by molar-refractivity contribution is 5.99. The van der Waals surface area contributed by atoms with E-state index in [1.54, 1.807) is 25.9 Å². The van der Waals surface area contributed by atoms with Crippen molar-refractivity contribution in [3.63, 3.8) is 0 Å². The van der Waals surface area contributed by atoms with Crippen molar-refractivity contribution in [1.29, 1.82) is 0 Å². The number of rotatable bonds is 9. The number of ether oxygens (including phenoxy) is 2. The highest BCUT2D eigenvalue weighted by Crippen LogP contribution is 2.28. The van der Waals surface area contributed by atoms with Crippen LogP contribution >= 0.6 is 0 Å². The maximum absolute atomic E-state index is 13.5. The highest BCUT2D eigenvalue weighted by atomic mass is 19.1. The molecule has 0 atom stereocenters. The zero-order valence-electron chi connectivity index (χ0n) is 19.6. The van der Waals surface area contributed by atoms with Gasteiger partial charge in [-0.25, -0.2) is 4.39 Å². The Bertz CT molecular complexity index is 1090. The fourth-order valence-electron chi connectivity index (χ4n) is 3.51. The summed E-state index contributed by atoms with van der Waals surface area (Å²) in [5, 5.41) is 0.